The molecule has 7 heteroatoms. The molecule has 2 N–H and O–H groups in total. The van der Waals surface area contributed by atoms with Gasteiger partial charge in [-0.05, 0) is 48.0 Å². The van der Waals surface area contributed by atoms with E-state index in [1.807, 2.05) is 0 Å². The quantitative estimate of drug-likeness (QED) is 0.720. The summed E-state index contributed by atoms with van der Waals surface area (Å²) in [5.41, 5.74) is 1.94. The lowest BCUT2D eigenvalue weighted by molar-refractivity contribution is -0.129. The van der Waals surface area contributed by atoms with E-state index in [0.29, 0.717) is 17.0 Å². The standard InChI is InChI=1S/C21H23N3O4/c1-22-21(27)16-7-4-15(5-8-16)6-13-20(26)24(2)14-19(25)23-17-9-11-18(28-3)12-10-17/h4-13H,14H2,1-3H3,(H,22,27)(H,23,25)/b13-6+. The van der Waals surface area contributed by atoms with E-state index in [4.69, 9.17) is 4.74 Å². The molecule has 2 aromatic carbocycles. The summed E-state index contributed by atoms with van der Waals surface area (Å²) in [6.07, 6.45) is 3.02. The number of benzene rings is 2. The van der Waals surface area contributed by atoms with E-state index in [1.54, 1.807) is 75.8 Å². The van der Waals surface area contributed by atoms with Gasteiger partial charge in [0, 0.05) is 31.4 Å². The molecule has 0 aliphatic rings. The van der Waals surface area contributed by atoms with Crippen LogP contribution in [0.1, 0.15) is 15.9 Å². The summed E-state index contributed by atoms with van der Waals surface area (Å²) in [5, 5.41) is 5.27. The van der Waals surface area contributed by atoms with Crippen LogP contribution in [0.2, 0.25) is 0 Å². The Morgan fingerprint density at radius 3 is 2.25 bits per heavy atom. The number of nitrogens with zero attached hydrogens (tertiary/aromatic N) is 1. The second-order valence-electron chi connectivity index (χ2n) is 6.01. The third-order valence-corrected chi connectivity index (χ3v) is 3.95. The van der Waals surface area contributed by atoms with Crippen LogP contribution >= 0.6 is 0 Å². The minimum atomic E-state index is -0.305. The normalized spacial score (nSPS) is 10.4. The zero-order chi connectivity index (χ0) is 20.5. The lowest BCUT2D eigenvalue weighted by Crippen LogP contribution is -2.33. The van der Waals surface area contributed by atoms with Crippen LogP contribution in [-0.4, -0.2) is 50.4 Å². The number of rotatable bonds is 7. The number of hydrogen-bond acceptors (Lipinski definition) is 4. The molecule has 28 heavy (non-hydrogen) atoms. The van der Waals surface area contributed by atoms with Crippen molar-refractivity contribution >= 4 is 29.5 Å². The van der Waals surface area contributed by atoms with Gasteiger partial charge in [-0.2, -0.15) is 0 Å². The zero-order valence-electron chi connectivity index (χ0n) is 16.1. The number of hydrogen-bond donors (Lipinski definition) is 2. The number of carbonyl (C=O) groups is 3. The highest BCUT2D eigenvalue weighted by Crippen LogP contribution is 2.14. The van der Waals surface area contributed by atoms with Crippen LogP contribution in [0.3, 0.4) is 0 Å². The maximum Gasteiger partial charge on any atom is 0.251 e. The molecule has 0 aliphatic heterocycles. The molecule has 2 aromatic rings. The molecule has 0 heterocycles. The Labute approximate surface area is 164 Å². The van der Waals surface area contributed by atoms with Crippen LogP contribution in [0.25, 0.3) is 6.08 Å². The van der Waals surface area contributed by atoms with Crippen LogP contribution in [0, 0.1) is 0 Å². The number of ether oxygens (including phenoxy) is 1. The van der Waals surface area contributed by atoms with Gasteiger partial charge in [0.05, 0.1) is 13.7 Å². The molecule has 146 valence electrons. The molecule has 0 aliphatic carbocycles. The van der Waals surface area contributed by atoms with Gasteiger partial charge >= 0.3 is 0 Å². The molecule has 7 nitrogen and oxygen atoms in total. The van der Waals surface area contributed by atoms with E-state index < -0.39 is 0 Å². The van der Waals surface area contributed by atoms with Crippen LogP contribution in [0.15, 0.2) is 54.6 Å². The highest BCUT2D eigenvalue weighted by atomic mass is 16.5. The van der Waals surface area contributed by atoms with Crippen molar-refractivity contribution in [2.75, 3.05) is 33.1 Å². The molecular weight excluding hydrogens is 358 g/mol. The van der Waals surface area contributed by atoms with Gasteiger partial charge in [0.15, 0.2) is 0 Å². The number of methoxy groups -OCH3 is 1. The predicted octanol–water partition coefficient (Wildman–Crippen LogP) is 2.17. The molecule has 0 aromatic heterocycles. The summed E-state index contributed by atoms with van der Waals surface area (Å²) >= 11 is 0. The first-order valence-electron chi connectivity index (χ1n) is 8.62. The van der Waals surface area contributed by atoms with E-state index in [0.717, 1.165) is 5.56 Å². The topological polar surface area (TPSA) is 87.7 Å². The monoisotopic (exact) mass is 381 g/mol. The fourth-order valence-electron chi connectivity index (χ4n) is 2.35. The average molecular weight is 381 g/mol. The van der Waals surface area contributed by atoms with Crippen molar-refractivity contribution in [1.29, 1.82) is 0 Å². The third kappa shape index (κ3) is 5.98. The van der Waals surface area contributed by atoms with Crippen molar-refractivity contribution in [2.45, 2.75) is 0 Å². The summed E-state index contributed by atoms with van der Waals surface area (Å²) in [6, 6.07) is 13.8. The highest BCUT2D eigenvalue weighted by molar-refractivity contribution is 5.98. The van der Waals surface area contributed by atoms with Crippen molar-refractivity contribution in [3.63, 3.8) is 0 Å². The van der Waals surface area contributed by atoms with Crippen LogP contribution in [-0.2, 0) is 9.59 Å². The van der Waals surface area contributed by atoms with E-state index in [1.165, 1.54) is 11.0 Å². The Hall–Kier alpha value is -3.61. The summed E-state index contributed by atoms with van der Waals surface area (Å²) in [7, 11) is 4.68. The van der Waals surface area contributed by atoms with Crippen molar-refractivity contribution in [3.8, 4) is 5.75 Å². The lowest BCUT2D eigenvalue weighted by Gasteiger charge is -2.15. The fraction of sp³-hybridized carbons (Fsp3) is 0.190. The van der Waals surface area contributed by atoms with Crippen molar-refractivity contribution in [1.82, 2.24) is 10.2 Å². The molecule has 3 amide bonds. The Morgan fingerprint density at radius 2 is 1.68 bits per heavy atom. The summed E-state index contributed by atoms with van der Waals surface area (Å²) in [6.45, 7) is -0.0786. The molecule has 0 bridgehead atoms. The zero-order valence-corrected chi connectivity index (χ0v) is 16.1. The number of anilines is 1. The molecule has 0 unspecified atom stereocenters. The van der Waals surface area contributed by atoms with Crippen LogP contribution in [0.4, 0.5) is 5.69 Å². The second kappa shape index (κ2) is 9.91. The first kappa shape index (κ1) is 20.7. The molecule has 2 rings (SSSR count). The average Bonchev–Trinajstić information content (AvgIpc) is 2.72. The van der Waals surface area contributed by atoms with Gasteiger partial charge in [0.2, 0.25) is 11.8 Å². The Kier molecular flexibility index (Phi) is 7.33. The van der Waals surface area contributed by atoms with E-state index in [-0.39, 0.29) is 24.3 Å². The Morgan fingerprint density at radius 1 is 1.04 bits per heavy atom. The molecule has 0 saturated heterocycles. The Balaban J connectivity index is 1.88. The third-order valence-electron chi connectivity index (χ3n) is 3.95. The molecule has 0 atom stereocenters. The smallest absolute Gasteiger partial charge is 0.251 e. The van der Waals surface area contributed by atoms with Gasteiger partial charge in [-0.25, -0.2) is 0 Å². The summed E-state index contributed by atoms with van der Waals surface area (Å²) in [4.78, 5) is 37.1. The van der Waals surface area contributed by atoms with Gasteiger partial charge in [0.25, 0.3) is 5.91 Å². The van der Waals surface area contributed by atoms with Gasteiger partial charge in [-0.15, -0.1) is 0 Å². The van der Waals surface area contributed by atoms with Crippen molar-refractivity contribution in [2.24, 2.45) is 0 Å². The van der Waals surface area contributed by atoms with Crippen LogP contribution in [0.5, 0.6) is 5.75 Å². The number of carbonyl (C=O) groups excluding carboxylic acids is 3. The Bertz CT molecular complexity index is 858. The predicted molar refractivity (Wildman–Crippen MR) is 108 cm³/mol. The molecule has 0 spiro atoms. The van der Waals surface area contributed by atoms with Gasteiger partial charge in [0.1, 0.15) is 5.75 Å². The lowest BCUT2D eigenvalue weighted by atomic mass is 10.1. The number of amides is 3. The van der Waals surface area contributed by atoms with Gasteiger partial charge in [-0.1, -0.05) is 12.1 Å². The van der Waals surface area contributed by atoms with E-state index >= 15 is 0 Å². The van der Waals surface area contributed by atoms with Crippen molar-refractivity contribution in [3.05, 3.63) is 65.7 Å². The van der Waals surface area contributed by atoms with E-state index in [9.17, 15) is 14.4 Å². The maximum absolute atomic E-state index is 12.2. The van der Waals surface area contributed by atoms with Crippen LogP contribution < -0.4 is 15.4 Å². The minimum Gasteiger partial charge on any atom is -0.497 e. The summed E-state index contributed by atoms with van der Waals surface area (Å²) < 4.78 is 5.06. The number of nitrogens with one attached hydrogen (secondary N) is 2. The first-order valence-corrected chi connectivity index (χ1v) is 8.62. The van der Waals surface area contributed by atoms with Crippen molar-refractivity contribution < 1.29 is 19.1 Å². The van der Waals surface area contributed by atoms with Gasteiger partial charge in [-0.3, -0.25) is 14.4 Å². The molecule has 0 saturated carbocycles. The SMILES string of the molecule is CNC(=O)c1ccc(/C=C/C(=O)N(C)CC(=O)Nc2ccc(OC)cc2)cc1. The van der Waals surface area contributed by atoms with Gasteiger partial charge < -0.3 is 20.3 Å². The highest BCUT2D eigenvalue weighted by Gasteiger charge is 2.11. The first-order chi connectivity index (χ1) is 13.4. The molecule has 0 radical (unpaired) electrons. The molecular formula is C21H23N3O4. The fourth-order valence-corrected chi connectivity index (χ4v) is 2.35. The largest absolute Gasteiger partial charge is 0.497 e. The summed E-state index contributed by atoms with van der Waals surface area (Å²) in [5.74, 6) is -0.0855. The number of likely N-dealkylation sites (N-methyl/N-ethyl adjacent to an activating group) is 1. The van der Waals surface area contributed by atoms with E-state index in [2.05, 4.69) is 10.6 Å². The molecule has 0 fully saturated rings. The minimum absolute atomic E-state index is 0.0786. The maximum atomic E-state index is 12.2. The second-order valence-corrected chi connectivity index (χ2v) is 6.01.